The summed E-state index contributed by atoms with van der Waals surface area (Å²) in [6.07, 6.45) is 0.878. The molecule has 7 heteroatoms. The van der Waals surface area contributed by atoms with Crippen LogP contribution in [0.4, 0.5) is 5.69 Å². The topological polar surface area (TPSA) is 54.7 Å². The lowest BCUT2D eigenvalue weighted by atomic mass is 10.1. The van der Waals surface area contributed by atoms with E-state index in [1.54, 1.807) is 16.5 Å². The molecule has 1 aromatic carbocycles. The number of hydrogen-bond donors (Lipinski definition) is 0. The van der Waals surface area contributed by atoms with Gasteiger partial charge in [0.05, 0.1) is 11.3 Å². The zero-order chi connectivity index (χ0) is 14.6. The number of anilines is 1. The first-order valence-electron chi connectivity index (χ1n) is 6.84. The average molecular weight is 380 g/mol. The Morgan fingerprint density at radius 3 is 2.77 bits per heavy atom. The summed E-state index contributed by atoms with van der Waals surface area (Å²) in [5.74, 6) is -0.118. The van der Waals surface area contributed by atoms with Crippen LogP contribution in [0.5, 0.6) is 0 Å². The molecule has 0 bridgehead atoms. The molecule has 0 saturated carbocycles. The predicted molar refractivity (Wildman–Crippen MR) is 91.5 cm³/mol. The zero-order valence-electron chi connectivity index (χ0n) is 11.9. The lowest BCUT2D eigenvalue weighted by Crippen LogP contribution is -2.35. The lowest BCUT2D eigenvalue weighted by Gasteiger charge is -2.07. The van der Waals surface area contributed by atoms with Crippen molar-refractivity contribution >= 4 is 45.5 Å². The van der Waals surface area contributed by atoms with Crippen LogP contribution in [-0.4, -0.2) is 24.1 Å². The molecule has 0 saturated heterocycles. The summed E-state index contributed by atoms with van der Waals surface area (Å²) in [7, 11) is 1.74. The zero-order valence-corrected chi connectivity index (χ0v) is 14.4. The maximum absolute atomic E-state index is 12.6. The maximum Gasteiger partial charge on any atom is 0.271 e. The molecule has 0 fully saturated rings. The van der Waals surface area contributed by atoms with Crippen LogP contribution in [0.15, 0.2) is 34.1 Å². The summed E-state index contributed by atoms with van der Waals surface area (Å²) in [6.45, 7) is 1.44. The van der Waals surface area contributed by atoms with E-state index >= 15 is 0 Å². The molecule has 2 aliphatic rings. The Labute approximate surface area is 141 Å². The second-order valence-corrected chi connectivity index (χ2v) is 6.14. The number of para-hydroxylation sites is 1. The highest BCUT2D eigenvalue weighted by Gasteiger charge is 2.31. The fourth-order valence-electron chi connectivity index (χ4n) is 2.87. The lowest BCUT2D eigenvalue weighted by molar-refractivity contribution is -0.112. The van der Waals surface area contributed by atoms with Crippen molar-refractivity contribution in [1.29, 1.82) is 0 Å². The Kier molecular flexibility index (Phi) is 3.78. The van der Waals surface area contributed by atoms with Crippen molar-refractivity contribution in [2.45, 2.75) is 13.0 Å². The van der Waals surface area contributed by atoms with Gasteiger partial charge in [0, 0.05) is 25.7 Å². The van der Waals surface area contributed by atoms with E-state index < -0.39 is 0 Å². The van der Waals surface area contributed by atoms with E-state index in [-0.39, 0.29) is 28.4 Å². The fraction of sp³-hybridized carbons (Fsp3) is 0.267. The number of likely N-dealkylation sites (N-methyl/N-ethyl adjacent to an activating group) is 1. The Hall–Kier alpha value is -1.73. The van der Waals surface area contributed by atoms with Gasteiger partial charge in [-0.1, -0.05) is 29.5 Å². The molecule has 0 unspecified atom stereocenters. The van der Waals surface area contributed by atoms with Gasteiger partial charge in [0.25, 0.3) is 11.5 Å². The summed E-state index contributed by atoms with van der Waals surface area (Å²) in [6, 6.07) is 7.58. The predicted octanol–water partition coefficient (Wildman–Crippen LogP) is 0.686. The van der Waals surface area contributed by atoms with Crippen molar-refractivity contribution in [3.63, 3.8) is 0 Å². The van der Waals surface area contributed by atoms with Gasteiger partial charge in [-0.15, -0.1) is 17.0 Å². The monoisotopic (exact) mass is 379 g/mol. The number of thiazole rings is 1. The third kappa shape index (κ3) is 1.99. The summed E-state index contributed by atoms with van der Waals surface area (Å²) in [5, 5.41) is 0. The molecule has 3 heterocycles. The minimum atomic E-state index is -0.118. The summed E-state index contributed by atoms with van der Waals surface area (Å²) in [5.41, 5.74) is 2.11. The summed E-state index contributed by atoms with van der Waals surface area (Å²) < 4.78 is 2.20. The van der Waals surface area contributed by atoms with Crippen molar-refractivity contribution in [2.75, 3.05) is 18.5 Å². The van der Waals surface area contributed by atoms with Crippen LogP contribution in [0.2, 0.25) is 0 Å². The Morgan fingerprint density at radius 2 is 2.00 bits per heavy atom. The van der Waals surface area contributed by atoms with Crippen LogP contribution in [-0.2, 0) is 11.3 Å². The molecule has 0 N–H and O–H groups in total. The van der Waals surface area contributed by atoms with E-state index in [4.69, 9.17) is 0 Å². The van der Waals surface area contributed by atoms with Gasteiger partial charge in [-0.3, -0.25) is 19.1 Å². The molecule has 0 atom stereocenters. The van der Waals surface area contributed by atoms with Crippen molar-refractivity contribution < 1.29 is 4.79 Å². The highest BCUT2D eigenvalue weighted by Crippen LogP contribution is 2.33. The van der Waals surface area contributed by atoms with Crippen LogP contribution in [0, 0.1) is 0 Å². The number of hydrogen-bond acceptors (Lipinski definition) is 4. The molecule has 2 aliphatic heterocycles. The number of rotatable bonds is 0. The van der Waals surface area contributed by atoms with Gasteiger partial charge in [-0.2, -0.15) is 0 Å². The van der Waals surface area contributed by atoms with Crippen molar-refractivity contribution in [1.82, 2.24) is 4.57 Å². The Bertz CT molecular complexity index is 944. The van der Waals surface area contributed by atoms with E-state index in [1.165, 1.54) is 11.3 Å². The molecule has 0 radical (unpaired) electrons. The number of halogens is 1. The fourth-order valence-corrected chi connectivity index (χ4v) is 3.98. The van der Waals surface area contributed by atoms with Crippen molar-refractivity contribution in [2.24, 2.45) is 4.99 Å². The van der Waals surface area contributed by atoms with E-state index in [9.17, 15) is 9.59 Å². The first-order chi connectivity index (χ1) is 10.2. The normalized spacial score (nSPS) is 18.4. The molecular formula is C15H14BrN3O2S. The average Bonchev–Trinajstić information content (AvgIpc) is 2.96. The van der Waals surface area contributed by atoms with E-state index in [0.29, 0.717) is 16.7 Å². The van der Waals surface area contributed by atoms with Crippen molar-refractivity contribution in [3.8, 4) is 0 Å². The van der Waals surface area contributed by atoms with Gasteiger partial charge >= 0.3 is 0 Å². The van der Waals surface area contributed by atoms with Gasteiger partial charge < -0.3 is 4.90 Å². The van der Waals surface area contributed by atoms with Gasteiger partial charge in [0.15, 0.2) is 4.80 Å². The van der Waals surface area contributed by atoms with E-state index in [2.05, 4.69) is 4.99 Å². The number of carbonyl (C=O) groups excluding carboxylic acids is 1. The first kappa shape index (κ1) is 15.2. The second-order valence-electron chi connectivity index (χ2n) is 5.16. The second kappa shape index (κ2) is 5.48. The minimum absolute atomic E-state index is 0. The molecule has 2 aromatic rings. The molecule has 0 spiro atoms. The number of amides is 1. The highest BCUT2D eigenvalue weighted by atomic mass is 79.9. The van der Waals surface area contributed by atoms with E-state index in [1.807, 2.05) is 24.3 Å². The Morgan fingerprint density at radius 1 is 1.23 bits per heavy atom. The number of nitrogens with zero attached hydrogens (tertiary/aromatic N) is 3. The standard InChI is InChI=1S/C15H13N3O2S.BrH/c1-17-10-6-3-2-5-9(10)11(13(17)19)12-14(20)18-8-4-7-16-15(18)21-12;/h2-3,5-6H,4,7-8H2,1H3;1H/b12-11-;. The number of fused-ring (bicyclic) bond motifs is 2. The third-order valence-corrected chi connectivity index (χ3v) is 5.05. The van der Waals surface area contributed by atoms with Crippen LogP contribution >= 0.6 is 28.3 Å². The van der Waals surface area contributed by atoms with E-state index in [0.717, 1.165) is 29.0 Å². The Balaban J connectivity index is 0.00000144. The van der Waals surface area contributed by atoms with Gasteiger partial charge in [-0.05, 0) is 12.5 Å². The molecule has 5 nitrogen and oxygen atoms in total. The summed E-state index contributed by atoms with van der Waals surface area (Å²) >= 11 is 1.33. The molecule has 22 heavy (non-hydrogen) atoms. The summed E-state index contributed by atoms with van der Waals surface area (Å²) in [4.78, 5) is 31.9. The van der Waals surface area contributed by atoms with Crippen molar-refractivity contribution in [3.05, 3.63) is 49.5 Å². The quantitative estimate of drug-likeness (QED) is 0.675. The minimum Gasteiger partial charge on any atom is -0.311 e. The molecule has 0 aliphatic carbocycles. The number of carbonyl (C=O) groups is 1. The van der Waals surface area contributed by atoms with Gasteiger partial charge in [0.1, 0.15) is 4.53 Å². The maximum atomic E-state index is 12.6. The molecule has 4 rings (SSSR count). The highest BCUT2D eigenvalue weighted by molar-refractivity contribution is 8.93. The SMILES string of the molecule is Br.CN1C(=O)/C(=c2\sc3n(c2=O)CCCN=3)c2ccccc21. The largest absolute Gasteiger partial charge is 0.311 e. The van der Waals surface area contributed by atoms with Crippen LogP contribution in [0.3, 0.4) is 0 Å². The third-order valence-electron chi connectivity index (χ3n) is 3.93. The molecule has 1 amide bonds. The molecule has 1 aromatic heterocycles. The molecule has 114 valence electrons. The van der Waals surface area contributed by atoms with Gasteiger partial charge in [0.2, 0.25) is 0 Å². The molecular weight excluding hydrogens is 366 g/mol. The first-order valence-corrected chi connectivity index (χ1v) is 7.66. The van der Waals surface area contributed by atoms with Crippen LogP contribution < -0.4 is 19.8 Å². The van der Waals surface area contributed by atoms with Crippen LogP contribution in [0.1, 0.15) is 12.0 Å². The van der Waals surface area contributed by atoms with Crippen LogP contribution in [0.25, 0.3) is 5.57 Å². The number of aromatic nitrogens is 1. The number of benzene rings is 1. The smallest absolute Gasteiger partial charge is 0.271 e. The van der Waals surface area contributed by atoms with Gasteiger partial charge in [-0.25, -0.2) is 0 Å².